The van der Waals surface area contributed by atoms with Crippen molar-refractivity contribution in [2.24, 2.45) is 5.92 Å². The van der Waals surface area contributed by atoms with E-state index >= 15 is 0 Å². The summed E-state index contributed by atoms with van der Waals surface area (Å²) in [5.74, 6) is -0.129. The van der Waals surface area contributed by atoms with Crippen molar-refractivity contribution in [2.45, 2.75) is 30.5 Å². The van der Waals surface area contributed by atoms with Gasteiger partial charge in [-0.05, 0) is 37.3 Å². The zero-order valence-electron chi connectivity index (χ0n) is 12.3. The second-order valence-electron chi connectivity index (χ2n) is 5.26. The Morgan fingerprint density at radius 1 is 1.22 bits per heavy atom. The summed E-state index contributed by atoms with van der Waals surface area (Å²) in [6.45, 7) is 1.15. The molecule has 5 nitrogen and oxygen atoms in total. The summed E-state index contributed by atoms with van der Waals surface area (Å²) in [6.07, 6.45) is -2.18. The molecule has 23 heavy (non-hydrogen) atoms. The Hall–Kier alpha value is -1.32. The molecule has 1 fully saturated rings. The van der Waals surface area contributed by atoms with Crippen molar-refractivity contribution in [2.75, 3.05) is 19.8 Å². The third-order valence-electron chi connectivity index (χ3n) is 3.17. The highest BCUT2D eigenvalue weighted by molar-refractivity contribution is 7.89. The first-order valence-electron chi connectivity index (χ1n) is 7.20. The van der Waals surface area contributed by atoms with Gasteiger partial charge >= 0.3 is 6.36 Å². The minimum Gasteiger partial charge on any atom is -0.404 e. The molecule has 0 heterocycles. The van der Waals surface area contributed by atoms with E-state index in [-0.39, 0.29) is 6.54 Å². The monoisotopic (exact) mass is 353 g/mol. The maximum absolute atomic E-state index is 12.3. The molecule has 0 aliphatic heterocycles. The van der Waals surface area contributed by atoms with Crippen molar-refractivity contribution < 1.29 is 31.1 Å². The molecule has 0 bridgehead atoms. The van der Waals surface area contributed by atoms with Crippen LogP contribution < -0.4 is 9.46 Å². The topological polar surface area (TPSA) is 64.6 Å². The standard InChI is InChI=1S/C14H18F3NO4S/c15-14(16,17)22-12-4-1-2-5-13(12)23(19,20)18-8-3-9-21-10-11-6-7-11/h1-2,4-5,11,18H,3,6-10H2. The number of hydrogen-bond donors (Lipinski definition) is 1. The van der Waals surface area contributed by atoms with Gasteiger partial charge in [0, 0.05) is 19.8 Å². The smallest absolute Gasteiger partial charge is 0.404 e. The second kappa shape index (κ2) is 7.50. The van der Waals surface area contributed by atoms with Crippen LogP contribution in [0.4, 0.5) is 13.2 Å². The van der Waals surface area contributed by atoms with Crippen molar-refractivity contribution in [3.8, 4) is 5.75 Å². The lowest BCUT2D eigenvalue weighted by Crippen LogP contribution is -2.27. The van der Waals surface area contributed by atoms with Crippen molar-refractivity contribution in [3.63, 3.8) is 0 Å². The van der Waals surface area contributed by atoms with Crippen LogP contribution in [0.15, 0.2) is 29.2 Å². The van der Waals surface area contributed by atoms with Crippen LogP contribution in [0, 0.1) is 5.92 Å². The van der Waals surface area contributed by atoms with Crippen LogP contribution in [0.2, 0.25) is 0 Å². The number of sulfonamides is 1. The fourth-order valence-corrected chi connectivity index (χ4v) is 3.08. The summed E-state index contributed by atoms with van der Waals surface area (Å²) in [5, 5.41) is 0. The van der Waals surface area contributed by atoms with Crippen LogP contribution >= 0.6 is 0 Å². The quantitative estimate of drug-likeness (QED) is 0.693. The number of rotatable bonds is 9. The van der Waals surface area contributed by atoms with E-state index in [0.29, 0.717) is 25.6 Å². The molecule has 1 saturated carbocycles. The lowest BCUT2D eigenvalue weighted by atomic mass is 10.3. The largest absolute Gasteiger partial charge is 0.573 e. The highest BCUT2D eigenvalue weighted by Gasteiger charge is 2.33. The molecule has 1 aromatic carbocycles. The summed E-state index contributed by atoms with van der Waals surface area (Å²) in [5.41, 5.74) is 0. The van der Waals surface area contributed by atoms with Gasteiger partial charge < -0.3 is 9.47 Å². The average Bonchev–Trinajstić information content (AvgIpc) is 3.25. The van der Waals surface area contributed by atoms with E-state index in [4.69, 9.17) is 4.74 Å². The molecule has 0 radical (unpaired) electrons. The lowest BCUT2D eigenvalue weighted by molar-refractivity contribution is -0.275. The minimum atomic E-state index is -4.96. The van der Waals surface area contributed by atoms with E-state index in [9.17, 15) is 21.6 Å². The molecular formula is C14H18F3NO4S. The fourth-order valence-electron chi connectivity index (χ4n) is 1.87. The van der Waals surface area contributed by atoms with Gasteiger partial charge in [0.1, 0.15) is 10.6 Å². The first-order chi connectivity index (χ1) is 10.8. The Kier molecular flexibility index (Phi) is 5.88. The fraction of sp³-hybridized carbons (Fsp3) is 0.571. The summed E-state index contributed by atoms with van der Waals surface area (Å²) in [7, 11) is -4.09. The highest BCUT2D eigenvalue weighted by Crippen LogP contribution is 2.29. The number of halogens is 3. The predicted octanol–water partition coefficient (Wildman–Crippen LogP) is 2.68. The second-order valence-corrected chi connectivity index (χ2v) is 7.00. The molecule has 9 heteroatoms. The first-order valence-corrected chi connectivity index (χ1v) is 8.68. The Balaban J connectivity index is 1.87. The maximum Gasteiger partial charge on any atom is 0.573 e. The number of para-hydroxylation sites is 1. The van der Waals surface area contributed by atoms with E-state index < -0.39 is 27.0 Å². The van der Waals surface area contributed by atoms with Crippen LogP contribution in [0.1, 0.15) is 19.3 Å². The normalized spacial score (nSPS) is 15.6. The maximum atomic E-state index is 12.3. The zero-order chi connectivity index (χ0) is 16.9. The first kappa shape index (κ1) is 18.0. The van der Waals surface area contributed by atoms with Crippen LogP contribution in [-0.2, 0) is 14.8 Å². The SMILES string of the molecule is O=S(=O)(NCCCOCC1CC1)c1ccccc1OC(F)(F)F. The molecule has 0 saturated heterocycles. The Labute approximate surface area is 132 Å². The molecule has 0 atom stereocenters. The van der Waals surface area contributed by atoms with Crippen LogP contribution in [-0.4, -0.2) is 34.5 Å². The number of alkyl halides is 3. The predicted molar refractivity (Wildman–Crippen MR) is 76.5 cm³/mol. The average molecular weight is 353 g/mol. The third-order valence-corrected chi connectivity index (χ3v) is 4.67. The van der Waals surface area contributed by atoms with E-state index in [2.05, 4.69) is 9.46 Å². The number of benzene rings is 1. The Morgan fingerprint density at radius 3 is 2.57 bits per heavy atom. The molecular weight excluding hydrogens is 335 g/mol. The summed E-state index contributed by atoms with van der Waals surface area (Å²) in [6, 6.07) is 4.62. The van der Waals surface area contributed by atoms with Gasteiger partial charge in [-0.2, -0.15) is 0 Å². The van der Waals surface area contributed by atoms with Crippen molar-refractivity contribution in [3.05, 3.63) is 24.3 Å². The summed E-state index contributed by atoms with van der Waals surface area (Å²) < 4.78 is 72.5. The van der Waals surface area contributed by atoms with E-state index in [0.717, 1.165) is 12.1 Å². The summed E-state index contributed by atoms with van der Waals surface area (Å²) in [4.78, 5) is -0.545. The van der Waals surface area contributed by atoms with Crippen LogP contribution in [0.3, 0.4) is 0 Å². The van der Waals surface area contributed by atoms with Gasteiger partial charge in [-0.3, -0.25) is 0 Å². The van der Waals surface area contributed by atoms with Gasteiger partial charge in [-0.1, -0.05) is 12.1 Å². The molecule has 2 rings (SSSR count). The van der Waals surface area contributed by atoms with E-state index in [1.54, 1.807) is 0 Å². The van der Waals surface area contributed by atoms with Crippen molar-refractivity contribution in [1.82, 2.24) is 4.72 Å². The van der Waals surface area contributed by atoms with Gasteiger partial charge in [0.15, 0.2) is 0 Å². The number of ether oxygens (including phenoxy) is 2. The number of hydrogen-bond acceptors (Lipinski definition) is 4. The number of nitrogens with one attached hydrogen (secondary N) is 1. The minimum absolute atomic E-state index is 0.0767. The van der Waals surface area contributed by atoms with Gasteiger partial charge in [0.2, 0.25) is 10.0 Å². The highest BCUT2D eigenvalue weighted by atomic mass is 32.2. The molecule has 130 valence electrons. The lowest BCUT2D eigenvalue weighted by Gasteiger charge is -2.14. The molecule has 1 N–H and O–H groups in total. The Bertz CT molecular complexity index is 615. The van der Waals surface area contributed by atoms with Gasteiger partial charge in [0.05, 0.1) is 0 Å². The third kappa shape index (κ3) is 6.36. The molecule has 1 aliphatic carbocycles. The molecule has 0 unspecified atom stereocenters. The van der Waals surface area contributed by atoms with E-state index in [1.807, 2.05) is 0 Å². The van der Waals surface area contributed by atoms with E-state index in [1.165, 1.54) is 25.0 Å². The summed E-state index contributed by atoms with van der Waals surface area (Å²) >= 11 is 0. The van der Waals surface area contributed by atoms with Crippen LogP contribution in [0.25, 0.3) is 0 Å². The van der Waals surface area contributed by atoms with Gasteiger partial charge in [0.25, 0.3) is 0 Å². The van der Waals surface area contributed by atoms with Gasteiger partial charge in [-0.15, -0.1) is 13.2 Å². The zero-order valence-corrected chi connectivity index (χ0v) is 13.1. The van der Waals surface area contributed by atoms with Crippen LogP contribution in [0.5, 0.6) is 5.75 Å². The Morgan fingerprint density at radius 2 is 1.91 bits per heavy atom. The molecule has 0 spiro atoms. The molecule has 0 aromatic heterocycles. The molecule has 0 amide bonds. The van der Waals surface area contributed by atoms with Crippen molar-refractivity contribution in [1.29, 1.82) is 0 Å². The van der Waals surface area contributed by atoms with Gasteiger partial charge in [-0.25, -0.2) is 13.1 Å². The molecule has 1 aliphatic rings. The molecule has 1 aromatic rings. The van der Waals surface area contributed by atoms with Crippen molar-refractivity contribution >= 4 is 10.0 Å².